The molecule has 27 heavy (non-hydrogen) atoms. The molecule has 0 aliphatic carbocycles. The minimum absolute atomic E-state index is 0.120. The van der Waals surface area contributed by atoms with Crippen LogP contribution in [0.25, 0.3) is 0 Å². The van der Waals surface area contributed by atoms with E-state index in [0.29, 0.717) is 32.0 Å². The van der Waals surface area contributed by atoms with E-state index in [2.05, 4.69) is 5.32 Å². The summed E-state index contributed by atoms with van der Waals surface area (Å²) in [6.45, 7) is 7.28. The molecule has 1 fully saturated rings. The Morgan fingerprint density at radius 1 is 1.07 bits per heavy atom. The van der Waals surface area contributed by atoms with Crippen LogP contribution < -0.4 is 5.32 Å². The van der Waals surface area contributed by atoms with Crippen molar-refractivity contribution >= 4 is 21.6 Å². The van der Waals surface area contributed by atoms with E-state index >= 15 is 0 Å². The number of sulfonamides is 1. The maximum Gasteiger partial charge on any atom is 0.272 e. The minimum atomic E-state index is -3.64. The van der Waals surface area contributed by atoms with Crippen LogP contribution in [0, 0.1) is 20.8 Å². The summed E-state index contributed by atoms with van der Waals surface area (Å²) in [4.78, 5) is 12.9. The lowest BCUT2D eigenvalue weighted by Gasteiger charge is -2.25. The van der Waals surface area contributed by atoms with Gasteiger partial charge in [0.15, 0.2) is 0 Å². The second-order valence-corrected chi connectivity index (χ2v) is 8.85. The quantitative estimate of drug-likeness (QED) is 0.867. The maximum atomic E-state index is 12.8. The summed E-state index contributed by atoms with van der Waals surface area (Å²) in [5.74, 6) is -0.337. The number of hydrogen-bond acceptors (Lipinski definition) is 4. The van der Waals surface area contributed by atoms with E-state index in [1.54, 1.807) is 11.6 Å². The Morgan fingerprint density at radius 2 is 1.67 bits per heavy atom. The van der Waals surface area contributed by atoms with E-state index in [0.717, 1.165) is 22.4 Å². The molecule has 1 saturated heterocycles. The molecule has 8 heteroatoms. The van der Waals surface area contributed by atoms with Gasteiger partial charge in [0.05, 0.1) is 13.2 Å². The highest BCUT2D eigenvalue weighted by molar-refractivity contribution is 7.89. The Labute approximate surface area is 160 Å². The number of amides is 1. The molecule has 0 bridgehead atoms. The molecule has 2 heterocycles. The number of benzene rings is 1. The van der Waals surface area contributed by atoms with Gasteiger partial charge in [-0.25, -0.2) is 8.42 Å². The Hall–Kier alpha value is -2.16. The second-order valence-electron chi connectivity index (χ2n) is 6.92. The molecule has 0 saturated carbocycles. The summed E-state index contributed by atoms with van der Waals surface area (Å²) in [5, 5.41) is 2.92. The molecule has 0 atom stereocenters. The zero-order chi connectivity index (χ0) is 19.8. The highest BCUT2D eigenvalue weighted by Gasteiger charge is 2.29. The molecular formula is C19H25N3O4S. The number of aryl methyl sites for hydroxylation is 4. The summed E-state index contributed by atoms with van der Waals surface area (Å²) < 4.78 is 33.8. The van der Waals surface area contributed by atoms with Gasteiger partial charge in [-0.2, -0.15) is 4.31 Å². The van der Waals surface area contributed by atoms with Gasteiger partial charge in [-0.05, 0) is 38.0 Å². The molecule has 1 aliphatic rings. The summed E-state index contributed by atoms with van der Waals surface area (Å²) in [6, 6.07) is 5.43. The molecule has 146 valence electrons. The van der Waals surface area contributed by atoms with Crippen LogP contribution in [0.15, 0.2) is 29.3 Å². The highest BCUT2D eigenvalue weighted by Crippen LogP contribution is 2.24. The fourth-order valence-corrected chi connectivity index (χ4v) is 4.87. The van der Waals surface area contributed by atoms with Gasteiger partial charge in [0.1, 0.15) is 10.6 Å². The van der Waals surface area contributed by atoms with Crippen LogP contribution in [-0.2, 0) is 21.8 Å². The predicted molar refractivity (Wildman–Crippen MR) is 104 cm³/mol. The molecule has 2 aromatic rings. The fraction of sp³-hybridized carbons (Fsp3) is 0.421. The molecule has 1 amide bonds. The largest absolute Gasteiger partial charge is 0.379 e. The van der Waals surface area contributed by atoms with E-state index in [4.69, 9.17) is 4.74 Å². The molecule has 0 unspecified atom stereocenters. The van der Waals surface area contributed by atoms with Gasteiger partial charge < -0.3 is 14.6 Å². The molecule has 1 N–H and O–H groups in total. The van der Waals surface area contributed by atoms with Crippen molar-refractivity contribution in [3.8, 4) is 0 Å². The van der Waals surface area contributed by atoms with Gasteiger partial charge in [0.25, 0.3) is 5.91 Å². The van der Waals surface area contributed by atoms with Crippen LogP contribution in [0.4, 0.5) is 5.69 Å². The van der Waals surface area contributed by atoms with Crippen LogP contribution in [0.3, 0.4) is 0 Å². The molecule has 0 spiro atoms. The standard InChI is InChI=1S/C19H25N3O4S/c1-13-9-14(2)18(15(3)10-13)20-19(23)17-11-16(12-21(17)4)27(24,25)22-5-7-26-8-6-22/h9-12H,5-8H2,1-4H3,(H,20,23). The average Bonchev–Trinajstić information content (AvgIpc) is 3.01. The van der Waals surface area contributed by atoms with Crippen LogP contribution in [-0.4, -0.2) is 49.5 Å². The van der Waals surface area contributed by atoms with Gasteiger partial charge in [0, 0.05) is 32.0 Å². The number of rotatable bonds is 4. The number of nitrogens with zero attached hydrogens (tertiary/aromatic N) is 2. The van der Waals surface area contributed by atoms with E-state index in [9.17, 15) is 13.2 Å². The number of morpholine rings is 1. The first-order valence-electron chi connectivity index (χ1n) is 8.83. The van der Waals surface area contributed by atoms with Crippen molar-refractivity contribution in [3.63, 3.8) is 0 Å². The topological polar surface area (TPSA) is 80.6 Å². The number of aromatic nitrogens is 1. The lowest BCUT2D eigenvalue weighted by molar-refractivity contribution is 0.0730. The lowest BCUT2D eigenvalue weighted by Crippen LogP contribution is -2.40. The monoisotopic (exact) mass is 391 g/mol. The van der Waals surface area contributed by atoms with Crippen LogP contribution >= 0.6 is 0 Å². The third kappa shape index (κ3) is 3.92. The predicted octanol–water partition coefficient (Wildman–Crippen LogP) is 2.22. The number of nitrogens with one attached hydrogen (secondary N) is 1. The SMILES string of the molecule is Cc1cc(C)c(NC(=O)c2cc(S(=O)(=O)N3CCOCC3)cn2C)c(C)c1. The van der Waals surface area contributed by atoms with Crippen molar-refractivity contribution in [1.82, 2.24) is 8.87 Å². The number of ether oxygens (including phenoxy) is 1. The smallest absolute Gasteiger partial charge is 0.272 e. The van der Waals surface area contributed by atoms with Gasteiger partial charge >= 0.3 is 0 Å². The van der Waals surface area contributed by atoms with Gasteiger partial charge in [0.2, 0.25) is 10.0 Å². The zero-order valence-electron chi connectivity index (χ0n) is 16.1. The molecule has 1 aliphatic heterocycles. The van der Waals surface area contributed by atoms with E-state index in [-0.39, 0.29) is 10.8 Å². The molecule has 1 aromatic carbocycles. The fourth-order valence-electron chi connectivity index (χ4n) is 3.39. The van der Waals surface area contributed by atoms with E-state index in [1.807, 2.05) is 32.9 Å². The molecule has 0 radical (unpaired) electrons. The Balaban J connectivity index is 1.87. The first kappa shape index (κ1) is 19.6. The van der Waals surface area contributed by atoms with Crippen molar-refractivity contribution in [2.75, 3.05) is 31.6 Å². The van der Waals surface area contributed by atoms with Crippen molar-refractivity contribution in [1.29, 1.82) is 0 Å². The molecule has 1 aromatic heterocycles. The normalized spacial score (nSPS) is 15.7. The number of anilines is 1. The lowest BCUT2D eigenvalue weighted by atomic mass is 10.1. The number of carbonyl (C=O) groups is 1. The summed E-state index contributed by atoms with van der Waals surface area (Å²) >= 11 is 0. The molecule has 7 nitrogen and oxygen atoms in total. The Kier molecular flexibility index (Phi) is 5.41. The van der Waals surface area contributed by atoms with Crippen LogP contribution in [0.2, 0.25) is 0 Å². The summed E-state index contributed by atoms with van der Waals surface area (Å²) in [7, 11) is -1.97. The summed E-state index contributed by atoms with van der Waals surface area (Å²) in [6.07, 6.45) is 1.48. The van der Waals surface area contributed by atoms with Crippen molar-refractivity contribution in [2.45, 2.75) is 25.7 Å². The van der Waals surface area contributed by atoms with Gasteiger partial charge in [-0.15, -0.1) is 0 Å². The number of carbonyl (C=O) groups excluding carboxylic acids is 1. The Morgan fingerprint density at radius 3 is 2.26 bits per heavy atom. The molecular weight excluding hydrogens is 366 g/mol. The summed E-state index contributed by atoms with van der Waals surface area (Å²) in [5.41, 5.74) is 4.11. The van der Waals surface area contributed by atoms with Crippen molar-refractivity contribution in [2.24, 2.45) is 7.05 Å². The molecule has 3 rings (SSSR count). The van der Waals surface area contributed by atoms with E-state index in [1.165, 1.54) is 16.6 Å². The van der Waals surface area contributed by atoms with Gasteiger partial charge in [-0.3, -0.25) is 4.79 Å². The van der Waals surface area contributed by atoms with E-state index < -0.39 is 10.0 Å². The Bertz CT molecular complexity index is 950. The van der Waals surface area contributed by atoms with Crippen LogP contribution in [0.1, 0.15) is 27.2 Å². The minimum Gasteiger partial charge on any atom is -0.379 e. The third-order valence-electron chi connectivity index (χ3n) is 4.74. The first-order valence-corrected chi connectivity index (χ1v) is 10.3. The second kappa shape index (κ2) is 7.46. The van der Waals surface area contributed by atoms with Crippen molar-refractivity contribution < 1.29 is 17.9 Å². The number of hydrogen-bond donors (Lipinski definition) is 1. The maximum absolute atomic E-state index is 12.8. The van der Waals surface area contributed by atoms with Gasteiger partial charge in [-0.1, -0.05) is 17.7 Å². The van der Waals surface area contributed by atoms with Crippen molar-refractivity contribution in [3.05, 3.63) is 46.8 Å². The highest BCUT2D eigenvalue weighted by atomic mass is 32.2. The zero-order valence-corrected chi connectivity index (χ0v) is 16.9. The first-order chi connectivity index (χ1) is 12.7. The average molecular weight is 391 g/mol. The third-order valence-corrected chi connectivity index (χ3v) is 6.60. The van der Waals surface area contributed by atoms with Crippen LogP contribution in [0.5, 0.6) is 0 Å².